The fourth-order valence-corrected chi connectivity index (χ4v) is 0.497. The molecule has 0 aromatic carbocycles. The van der Waals surface area contributed by atoms with Crippen molar-refractivity contribution in [2.45, 2.75) is 26.3 Å². The van der Waals surface area contributed by atoms with Crippen LogP contribution in [0.3, 0.4) is 0 Å². The predicted octanol–water partition coefficient (Wildman–Crippen LogP) is 0.444. The van der Waals surface area contributed by atoms with E-state index >= 15 is 0 Å². The third kappa shape index (κ3) is 2.46. The number of carboxylic acid groups (broad SMARTS) is 1. The monoisotopic (exact) mass is 132 g/mol. The number of carbonyl (C=O) groups is 1. The van der Waals surface area contributed by atoms with Gasteiger partial charge < -0.3 is 10.8 Å². The molecule has 0 aliphatic heterocycles. The summed E-state index contributed by atoms with van der Waals surface area (Å²) < 4.78 is 0. The lowest BCUT2D eigenvalue weighted by molar-refractivity contribution is -0.139. The molecule has 0 saturated heterocycles. The second-order valence-electron chi connectivity index (χ2n) is 2.25. The second-order valence-corrected chi connectivity index (χ2v) is 2.25. The van der Waals surface area contributed by atoms with E-state index in [0.29, 0.717) is 0 Å². The topological polar surface area (TPSA) is 63.3 Å². The molecule has 0 aliphatic rings. The molecule has 0 saturated carbocycles. The third-order valence-corrected chi connectivity index (χ3v) is 1.54. The highest BCUT2D eigenvalue weighted by molar-refractivity contribution is 5.73. The maximum absolute atomic E-state index is 10.2. The van der Waals surface area contributed by atoms with Crippen molar-refractivity contribution >= 4 is 5.97 Å². The molecule has 0 heterocycles. The summed E-state index contributed by atoms with van der Waals surface area (Å²) in [7, 11) is 0. The second kappa shape index (κ2) is 3.45. The lowest BCUT2D eigenvalue weighted by Gasteiger charge is -2.11. The van der Waals surface area contributed by atoms with E-state index in [0.717, 1.165) is 6.42 Å². The summed E-state index contributed by atoms with van der Waals surface area (Å²) in [6.45, 7) is 3.76. The summed E-state index contributed by atoms with van der Waals surface area (Å²) in [5, 5.41) is 8.36. The van der Waals surface area contributed by atoms with Gasteiger partial charge in [-0.05, 0) is 5.92 Å². The van der Waals surface area contributed by atoms with Crippen LogP contribution in [0.5, 0.6) is 0 Å². The van der Waals surface area contributed by atoms with Crippen molar-refractivity contribution in [1.82, 2.24) is 0 Å². The Labute approximate surface area is 54.9 Å². The Morgan fingerprint density at radius 1 is 1.78 bits per heavy atom. The Balaban J connectivity index is 3.72. The summed E-state index contributed by atoms with van der Waals surface area (Å²) in [6.07, 6.45) is 0.813. The maximum Gasteiger partial charge on any atom is 0.320 e. The van der Waals surface area contributed by atoms with Crippen molar-refractivity contribution in [2.75, 3.05) is 0 Å². The lowest BCUT2D eigenvalue weighted by Crippen LogP contribution is -2.36. The van der Waals surface area contributed by atoms with E-state index in [1.165, 1.54) is 0 Å². The van der Waals surface area contributed by atoms with Crippen LogP contribution in [0, 0.1) is 5.92 Å². The zero-order chi connectivity index (χ0) is 7.44. The zero-order valence-corrected chi connectivity index (χ0v) is 5.79. The van der Waals surface area contributed by atoms with Crippen LogP contribution in [0.4, 0.5) is 0 Å². The van der Waals surface area contributed by atoms with Crippen LogP contribution < -0.4 is 5.73 Å². The molecule has 54 valence electrons. The fraction of sp³-hybridized carbons (Fsp3) is 0.833. The zero-order valence-electron chi connectivity index (χ0n) is 5.79. The minimum atomic E-state index is -0.913. The van der Waals surface area contributed by atoms with Crippen LogP contribution in [0.2, 0.25) is 0 Å². The minimum absolute atomic E-state index is 0.0718. The van der Waals surface area contributed by atoms with Gasteiger partial charge in [0.1, 0.15) is 6.04 Å². The number of rotatable bonds is 3. The first-order valence-electron chi connectivity index (χ1n) is 3.08. The van der Waals surface area contributed by atoms with Gasteiger partial charge in [-0.25, -0.2) is 0 Å². The van der Waals surface area contributed by atoms with E-state index < -0.39 is 12.0 Å². The average molecular weight is 132 g/mol. The minimum Gasteiger partial charge on any atom is -0.480 e. The van der Waals surface area contributed by atoms with Gasteiger partial charge in [-0.2, -0.15) is 0 Å². The first-order valence-corrected chi connectivity index (χ1v) is 3.08. The highest BCUT2D eigenvalue weighted by atomic mass is 16.4. The first kappa shape index (κ1) is 8.43. The van der Waals surface area contributed by atoms with Gasteiger partial charge in [0.05, 0.1) is 0 Å². The molecular weight excluding hydrogens is 119 g/mol. The molecule has 2 atom stereocenters. The fourth-order valence-electron chi connectivity index (χ4n) is 0.497. The molecule has 0 spiro atoms. The standard InChI is InChI=1S/C6H13NO2/c1-3-4(2)5(7)6(8)9/h4-5H,3,7H2,1-2H3,(H,8,9)/t4-,5+/m1/s1/i5+1. The SMILES string of the molecule is CC[C@@H](C)[13C@H](N)C(=O)O. The van der Waals surface area contributed by atoms with Crippen molar-refractivity contribution in [1.29, 1.82) is 0 Å². The largest absolute Gasteiger partial charge is 0.480 e. The van der Waals surface area contributed by atoms with Gasteiger partial charge in [-0.15, -0.1) is 0 Å². The molecule has 0 aromatic rings. The van der Waals surface area contributed by atoms with Gasteiger partial charge in [-0.3, -0.25) is 4.79 Å². The summed E-state index contributed by atoms with van der Waals surface area (Å²) in [5.74, 6) is -0.841. The van der Waals surface area contributed by atoms with Crippen LogP contribution in [0.15, 0.2) is 0 Å². The summed E-state index contributed by atoms with van der Waals surface area (Å²) in [4.78, 5) is 10.2. The lowest BCUT2D eigenvalue weighted by atomic mass is 10.2. The Morgan fingerprint density at radius 2 is 2.22 bits per heavy atom. The summed E-state index contributed by atoms with van der Waals surface area (Å²) in [5.41, 5.74) is 5.27. The van der Waals surface area contributed by atoms with Crippen molar-refractivity contribution < 1.29 is 9.90 Å². The van der Waals surface area contributed by atoms with Gasteiger partial charge >= 0.3 is 5.97 Å². The molecule has 0 bridgehead atoms. The normalized spacial score (nSPS) is 16.8. The number of nitrogens with two attached hydrogens (primary N) is 1. The molecule has 0 aliphatic carbocycles. The van der Waals surface area contributed by atoms with Gasteiger partial charge in [0, 0.05) is 0 Å². The number of aliphatic carboxylic acids is 1. The maximum atomic E-state index is 10.2. The molecule has 0 rings (SSSR count). The Morgan fingerprint density at radius 3 is 2.33 bits per heavy atom. The van der Waals surface area contributed by atoms with E-state index in [4.69, 9.17) is 10.8 Å². The molecule has 0 unspecified atom stereocenters. The first-order chi connectivity index (χ1) is 4.09. The Hall–Kier alpha value is -0.570. The van der Waals surface area contributed by atoms with E-state index in [2.05, 4.69) is 0 Å². The highest BCUT2D eigenvalue weighted by Gasteiger charge is 2.17. The van der Waals surface area contributed by atoms with E-state index in [9.17, 15) is 4.79 Å². The van der Waals surface area contributed by atoms with Gasteiger partial charge in [0.15, 0.2) is 0 Å². The Bertz CT molecular complexity index is 103. The third-order valence-electron chi connectivity index (χ3n) is 1.54. The molecule has 9 heavy (non-hydrogen) atoms. The van der Waals surface area contributed by atoms with Crippen molar-refractivity contribution in [2.24, 2.45) is 11.7 Å². The van der Waals surface area contributed by atoms with Crippen LogP contribution in [-0.4, -0.2) is 17.1 Å². The molecular formula is C6H13NO2. The van der Waals surface area contributed by atoms with Crippen molar-refractivity contribution in [3.8, 4) is 0 Å². The van der Waals surface area contributed by atoms with Crippen LogP contribution in [0.25, 0.3) is 0 Å². The van der Waals surface area contributed by atoms with Crippen molar-refractivity contribution in [3.05, 3.63) is 0 Å². The van der Waals surface area contributed by atoms with Crippen LogP contribution in [-0.2, 0) is 4.79 Å². The van der Waals surface area contributed by atoms with Crippen molar-refractivity contribution in [3.63, 3.8) is 0 Å². The van der Waals surface area contributed by atoms with E-state index in [-0.39, 0.29) is 5.92 Å². The molecule has 0 fully saturated rings. The van der Waals surface area contributed by atoms with Crippen LogP contribution in [0.1, 0.15) is 20.3 Å². The smallest absolute Gasteiger partial charge is 0.320 e. The molecule has 3 nitrogen and oxygen atoms in total. The quantitative estimate of drug-likeness (QED) is 0.548. The number of carboxylic acids is 1. The molecule has 3 heteroatoms. The summed E-state index contributed by atoms with van der Waals surface area (Å²) in [6, 6.07) is -0.699. The highest BCUT2D eigenvalue weighted by Crippen LogP contribution is 2.04. The molecule has 0 aromatic heterocycles. The van der Waals surface area contributed by atoms with Gasteiger partial charge in [0.25, 0.3) is 0 Å². The molecule has 0 radical (unpaired) electrons. The van der Waals surface area contributed by atoms with E-state index in [1.807, 2.05) is 13.8 Å². The number of hydrogen-bond donors (Lipinski definition) is 2. The Kier molecular flexibility index (Phi) is 3.24. The predicted molar refractivity (Wildman–Crippen MR) is 35.1 cm³/mol. The molecule has 0 amide bonds. The van der Waals surface area contributed by atoms with Gasteiger partial charge in [0.2, 0.25) is 0 Å². The number of hydrogen-bond acceptors (Lipinski definition) is 2. The van der Waals surface area contributed by atoms with Crippen LogP contribution >= 0.6 is 0 Å². The molecule has 3 N–H and O–H groups in total. The average Bonchev–Trinajstić information content (AvgIpc) is 1.84. The van der Waals surface area contributed by atoms with E-state index in [1.54, 1.807) is 0 Å². The van der Waals surface area contributed by atoms with Gasteiger partial charge in [-0.1, -0.05) is 20.3 Å². The summed E-state index contributed by atoms with van der Waals surface area (Å²) >= 11 is 0.